The molecule has 2 N–H and O–H groups in total. The molecular formula is C14H22BrN3O2. The van der Waals surface area contributed by atoms with E-state index in [4.69, 9.17) is 5.11 Å². The van der Waals surface area contributed by atoms with E-state index >= 15 is 0 Å². The molecule has 0 bridgehead atoms. The number of aliphatic hydroxyl groups excluding tert-OH is 1. The molecule has 0 radical (unpaired) electrons. The molecule has 6 heteroatoms. The predicted molar refractivity (Wildman–Crippen MR) is 82.9 cm³/mol. The summed E-state index contributed by atoms with van der Waals surface area (Å²) in [6.45, 7) is 2.38. The monoisotopic (exact) mass is 343 g/mol. The standard InChI is InChI=1S/C14H22BrN3O2/c1-2-10-3-5-11(6-4-10)17-12-9-16-18(7-8-19)14(20)13(12)15/h9-11,17,19H,2-8H2,1H3. The normalized spacial score (nSPS) is 22.8. The summed E-state index contributed by atoms with van der Waals surface area (Å²) in [5.74, 6) is 0.854. The van der Waals surface area contributed by atoms with Gasteiger partial charge in [-0.2, -0.15) is 5.10 Å². The van der Waals surface area contributed by atoms with Gasteiger partial charge in [0.15, 0.2) is 0 Å². The smallest absolute Gasteiger partial charge is 0.283 e. The molecule has 0 saturated heterocycles. The van der Waals surface area contributed by atoms with Crippen molar-refractivity contribution in [1.29, 1.82) is 0 Å². The van der Waals surface area contributed by atoms with Crippen LogP contribution in [0.1, 0.15) is 39.0 Å². The second-order valence-corrected chi connectivity index (χ2v) is 6.19. The molecule has 1 aliphatic carbocycles. The summed E-state index contributed by atoms with van der Waals surface area (Å²) < 4.78 is 1.77. The number of halogens is 1. The van der Waals surface area contributed by atoms with Crippen molar-refractivity contribution >= 4 is 21.6 Å². The number of aromatic nitrogens is 2. The van der Waals surface area contributed by atoms with Gasteiger partial charge in [0.05, 0.1) is 25.0 Å². The number of nitrogens with one attached hydrogen (secondary N) is 1. The summed E-state index contributed by atoms with van der Waals surface area (Å²) in [5.41, 5.74) is 0.551. The fourth-order valence-electron chi connectivity index (χ4n) is 2.75. The van der Waals surface area contributed by atoms with Crippen molar-refractivity contribution in [2.24, 2.45) is 5.92 Å². The van der Waals surface area contributed by atoms with Crippen molar-refractivity contribution in [2.75, 3.05) is 11.9 Å². The fraction of sp³-hybridized carbons (Fsp3) is 0.714. The highest BCUT2D eigenvalue weighted by atomic mass is 79.9. The Kier molecular flexibility index (Phi) is 5.60. The first-order valence-corrected chi connectivity index (χ1v) is 8.08. The lowest BCUT2D eigenvalue weighted by atomic mass is 9.84. The molecule has 20 heavy (non-hydrogen) atoms. The average molecular weight is 344 g/mol. The van der Waals surface area contributed by atoms with Crippen LogP contribution in [0.3, 0.4) is 0 Å². The van der Waals surface area contributed by atoms with Crippen LogP contribution in [0.5, 0.6) is 0 Å². The predicted octanol–water partition coefficient (Wildman–Crippen LogP) is 2.38. The van der Waals surface area contributed by atoms with E-state index in [1.807, 2.05) is 0 Å². The molecule has 1 fully saturated rings. The maximum atomic E-state index is 12.0. The van der Waals surface area contributed by atoms with Crippen LogP contribution in [0.25, 0.3) is 0 Å². The number of rotatable bonds is 5. The minimum Gasteiger partial charge on any atom is -0.394 e. The number of hydrogen-bond acceptors (Lipinski definition) is 4. The molecule has 1 aromatic rings. The minimum atomic E-state index is -0.203. The van der Waals surface area contributed by atoms with Gasteiger partial charge >= 0.3 is 0 Å². The van der Waals surface area contributed by atoms with Gasteiger partial charge < -0.3 is 10.4 Å². The van der Waals surface area contributed by atoms with Gasteiger partial charge in [0.1, 0.15) is 4.47 Å². The van der Waals surface area contributed by atoms with Crippen LogP contribution in [0.2, 0.25) is 0 Å². The highest BCUT2D eigenvalue weighted by molar-refractivity contribution is 9.10. The topological polar surface area (TPSA) is 67.2 Å². The number of aliphatic hydroxyl groups is 1. The number of nitrogens with zero attached hydrogens (tertiary/aromatic N) is 2. The molecule has 0 amide bonds. The second-order valence-electron chi connectivity index (χ2n) is 5.39. The molecule has 1 saturated carbocycles. The zero-order chi connectivity index (χ0) is 14.5. The van der Waals surface area contributed by atoms with Crippen molar-refractivity contribution < 1.29 is 5.11 Å². The molecule has 1 aliphatic rings. The summed E-state index contributed by atoms with van der Waals surface area (Å²) in [5, 5.41) is 16.4. The summed E-state index contributed by atoms with van der Waals surface area (Å²) in [4.78, 5) is 12.0. The maximum absolute atomic E-state index is 12.0. The maximum Gasteiger partial charge on any atom is 0.283 e. The van der Waals surface area contributed by atoms with Gasteiger partial charge in [-0.1, -0.05) is 13.3 Å². The minimum absolute atomic E-state index is 0.0901. The van der Waals surface area contributed by atoms with Crippen LogP contribution >= 0.6 is 15.9 Å². The lowest BCUT2D eigenvalue weighted by Crippen LogP contribution is -2.29. The average Bonchev–Trinajstić information content (AvgIpc) is 2.48. The molecule has 0 unspecified atom stereocenters. The zero-order valence-corrected chi connectivity index (χ0v) is 13.4. The van der Waals surface area contributed by atoms with Crippen molar-refractivity contribution in [3.05, 3.63) is 21.0 Å². The highest BCUT2D eigenvalue weighted by Gasteiger charge is 2.21. The Morgan fingerprint density at radius 1 is 1.45 bits per heavy atom. The molecule has 1 heterocycles. The Labute approximate surface area is 127 Å². The summed E-state index contributed by atoms with van der Waals surface area (Å²) >= 11 is 3.34. The molecule has 0 atom stereocenters. The lowest BCUT2D eigenvalue weighted by Gasteiger charge is -2.29. The van der Waals surface area contributed by atoms with Gasteiger partial charge in [-0.15, -0.1) is 0 Å². The van der Waals surface area contributed by atoms with Crippen molar-refractivity contribution in [3.8, 4) is 0 Å². The van der Waals surface area contributed by atoms with Crippen LogP contribution in [-0.2, 0) is 6.54 Å². The Hall–Kier alpha value is -0.880. The Balaban J connectivity index is 2.03. The largest absolute Gasteiger partial charge is 0.394 e. The van der Waals surface area contributed by atoms with Gasteiger partial charge in [0.2, 0.25) is 0 Å². The highest BCUT2D eigenvalue weighted by Crippen LogP contribution is 2.29. The summed E-state index contributed by atoms with van der Waals surface area (Å²) in [6.07, 6.45) is 7.71. The first kappa shape index (κ1) is 15.5. The van der Waals surface area contributed by atoms with E-state index in [-0.39, 0.29) is 18.7 Å². The third-order valence-corrected chi connectivity index (χ3v) is 4.85. The molecule has 2 rings (SSSR count). The van der Waals surface area contributed by atoms with Gasteiger partial charge in [-0.3, -0.25) is 4.79 Å². The Morgan fingerprint density at radius 3 is 2.75 bits per heavy atom. The van der Waals surface area contributed by atoms with Crippen LogP contribution in [0, 0.1) is 5.92 Å². The van der Waals surface area contributed by atoms with E-state index in [0.717, 1.165) is 24.4 Å². The third kappa shape index (κ3) is 3.61. The van der Waals surface area contributed by atoms with Gasteiger partial charge in [-0.05, 0) is 47.5 Å². The number of hydrogen-bond donors (Lipinski definition) is 2. The van der Waals surface area contributed by atoms with Gasteiger partial charge in [0, 0.05) is 6.04 Å². The van der Waals surface area contributed by atoms with E-state index < -0.39 is 0 Å². The molecule has 0 aromatic carbocycles. The van der Waals surface area contributed by atoms with Crippen molar-refractivity contribution in [2.45, 2.75) is 51.6 Å². The molecule has 0 aliphatic heterocycles. The van der Waals surface area contributed by atoms with Crippen LogP contribution < -0.4 is 10.9 Å². The molecule has 1 aromatic heterocycles. The Morgan fingerprint density at radius 2 is 2.15 bits per heavy atom. The summed E-state index contributed by atoms with van der Waals surface area (Å²) in [7, 11) is 0. The quantitative estimate of drug-likeness (QED) is 0.861. The molecule has 5 nitrogen and oxygen atoms in total. The van der Waals surface area contributed by atoms with Crippen molar-refractivity contribution in [3.63, 3.8) is 0 Å². The van der Waals surface area contributed by atoms with Crippen molar-refractivity contribution in [1.82, 2.24) is 9.78 Å². The van der Waals surface area contributed by atoms with E-state index in [2.05, 4.69) is 33.3 Å². The van der Waals surface area contributed by atoms with E-state index in [1.165, 1.54) is 23.9 Å². The third-order valence-electron chi connectivity index (χ3n) is 4.08. The second kappa shape index (κ2) is 7.22. The first-order valence-electron chi connectivity index (χ1n) is 7.28. The fourth-order valence-corrected chi connectivity index (χ4v) is 3.18. The van der Waals surface area contributed by atoms with Crippen LogP contribution in [-0.4, -0.2) is 27.5 Å². The molecule has 112 valence electrons. The van der Waals surface area contributed by atoms with Crippen LogP contribution in [0.4, 0.5) is 5.69 Å². The lowest BCUT2D eigenvalue weighted by molar-refractivity contribution is 0.266. The van der Waals surface area contributed by atoms with E-state index in [0.29, 0.717) is 10.5 Å². The summed E-state index contributed by atoms with van der Waals surface area (Å²) in [6, 6.07) is 0.420. The Bertz CT molecular complexity index is 496. The molecule has 0 spiro atoms. The SMILES string of the molecule is CCC1CCC(Nc2cnn(CCO)c(=O)c2Br)CC1. The van der Waals surface area contributed by atoms with E-state index in [9.17, 15) is 4.79 Å². The number of anilines is 1. The zero-order valence-electron chi connectivity index (χ0n) is 11.8. The van der Waals surface area contributed by atoms with Crippen LogP contribution in [0.15, 0.2) is 15.5 Å². The van der Waals surface area contributed by atoms with Gasteiger partial charge in [0.25, 0.3) is 5.56 Å². The molecular weight excluding hydrogens is 322 g/mol. The first-order chi connectivity index (χ1) is 9.65. The van der Waals surface area contributed by atoms with Gasteiger partial charge in [-0.25, -0.2) is 4.68 Å². The van der Waals surface area contributed by atoms with E-state index in [1.54, 1.807) is 6.20 Å².